The van der Waals surface area contributed by atoms with E-state index in [1.54, 1.807) is 32.0 Å². The summed E-state index contributed by atoms with van der Waals surface area (Å²) >= 11 is 0. The molecule has 0 saturated heterocycles. The van der Waals surface area contributed by atoms with Crippen LogP contribution in [0, 0.1) is 5.92 Å². The summed E-state index contributed by atoms with van der Waals surface area (Å²) in [5.74, 6) is 0.365. The lowest BCUT2D eigenvalue weighted by Gasteiger charge is -2.13. The average Bonchev–Trinajstić information content (AvgIpc) is 2.39. The molecule has 1 rings (SSSR count). The van der Waals surface area contributed by atoms with E-state index in [0.717, 1.165) is 5.56 Å². The van der Waals surface area contributed by atoms with Gasteiger partial charge in [0.2, 0.25) is 0 Å². The number of esters is 1. The van der Waals surface area contributed by atoms with Crippen molar-refractivity contribution in [2.75, 3.05) is 13.7 Å². The highest BCUT2D eigenvalue weighted by Gasteiger charge is 2.14. The second kappa shape index (κ2) is 7.11. The van der Waals surface area contributed by atoms with Crippen LogP contribution in [-0.2, 0) is 11.2 Å². The Morgan fingerprint density at radius 3 is 2.58 bits per heavy atom. The maximum atomic E-state index is 11.6. The third kappa shape index (κ3) is 4.54. The van der Waals surface area contributed by atoms with E-state index in [1.165, 1.54) is 7.11 Å². The first-order chi connectivity index (χ1) is 8.97. The Hall–Kier alpha value is -1.59. The van der Waals surface area contributed by atoms with Crippen molar-refractivity contribution in [2.24, 2.45) is 11.7 Å². The first-order valence-corrected chi connectivity index (χ1v) is 6.23. The van der Waals surface area contributed by atoms with Crippen molar-refractivity contribution in [1.29, 1.82) is 0 Å². The van der Waals surface area contributed by atoms with Gasteiger partial charge < -0.3 is 20.3 Å². The number of aliphatic hydroxyl groups is 1. The van der Waals surface area contributed by atoms with E-state index >= 15 is 0 Å². The van der Waals surface area contributed by atoms with Gasteiger partial charge in [-0.2, -0.15) is 0 Å². The fraction of sp³-hybridized carbons (Fsp3) is 0.500. The second-order valence-corrected chi connectivity index (χ2v) is 4.71. The molecular formula is C14H21NO4. The molecule has 5 heteroatoms. The number of ether oxygens (including phenoxy) is 2. The topological polar surface area (TPSA) is 81.8 Å². The summed E-state index contributed by atoms with van der Waals surface area (Å²) in [6.07, 6.45) is 0.533. The van der Waals surface area contributed by atoms with Crippen LogP contribution in [0.3, 0.4) is 0 Å². The molecule has 0 fully saturated rings. The number of hydrogen-bond donors (Lipinski definition) is 2. The van der Waals surface area contributed by atoms with E-state index in [0.29, 0.717) is 17.9 Å². The van der Waals surface area contributed by atoms with Crippen molar-refractivity contribution in [2.45, 2.75) is 26.3 Å². The van der Waals surface area contributed by atoms with Crippen LogP contribution in [0.15, 0.2) is 18.2 Å². The van der Waals surface area contributed by atoms with Crippen LogP contribution < -0.4 is 15.2 Å². The third-order valence-electron chi connectivity index (χ3n) is 2.64. The minimum absolute atomic E-state index is 0.0770. The molecule has 5 nitrogen and oxygen atoms in total. The van der Waals surface area contributed by atoms with Gasteiger partial charge in [-0.25, -0.2) is 0 Å². The molecule has 1 aromatic rings. The molecule has 0 radical (unpaired) electrons. The Morgan fingerprint density at radius 1 is 1.37 bits per heavy atom. The Morgan fingerprint density at radius 2 is 2.05 bits per heavy atom. The molecule has 0 saturated carbocycles. The van der Waals surface area contributed by atoms with Crippen molar-refractivity contribution in [3.05, 3.63) is 23.8 Å². The van der Waals surface area contributed by atoms with Crippen molar-refractivity contribution in [1.82, 2.24) is 0 Å². The molecule has 1 unspecified atom stereocenters. The molecule has 0 heterocycles. The number of aliphatic hydroxyl groups excluding tert-OH is 1. The lowest BCUT2D eigenvalue weighted by atomic mass is 10.1. The van der Waals surface area contributed by atoms with E-state index < -0.39 is 0 Å². The monoisotopic (exact) mass is 267 g/mol. The van der Waals surface area contributed by atoms with Crippen LogP contribution in [0.5, 0.6) is 11.5 Å². The SMILES string of the molecule is COc1cc(CC(N)CO)ccc1OC(=O)C(C)C. The number of rotatable bonds is 6. The summed E-state index contributed by atoms with van der Waals surface area (Å²) in [6, 6.07) is 4.94. The molecular weight excluding hydrogens is 246 g/mol. The average molecular weight is 267 g/mol. The summed E-state index contributed by atoms with van der Waals surface area (Å²) in [5.41, 5.74) is 6.60. The highest BCUT2D eigenvalue weighted by atomic mass is 16.6. The molecule has 0 aliphatic rings. The smallest absolute Gasteiger partial charge is 0.313 e. The first kappa shape index (κ1) is 15.5. The van der Waals surface area contributed by atoms with Gasteiger partial charge in [-0.05, 0) is 24.1 Å². The Kier molecular flexibility index (Phi) is 5.79. The summed E-state index contributed by atoms with van der Waals surface area (Å²) in [4.78, 5) is 11.6. The number of benzene rings is 1. The van der Waals surface area contributed by atoms with E-state index in [1.807, 2.05) is 0 Å². The first-order valence-electron chi connectivity index (χ1n) is 6.23. The Bertz CT molecular complexity index is 431. The molecule has 1 atom stereocenters. The van der Waals surface area contributed by atoms with Crippen molar-refractivity contribution >= 4 is 5.97 Å². The number of methoxy groups -OCH3 is 1. The van der Waals surface area contributed by atoms with E-state index in [-0.39, 0.29) is 24.5 Å². The van der Waals surface area contributed by atoms with E-state index in [2.05, 4.69) is 0 Å². The third-order valence-corrected chi connectivity index (χ3v) is 2.64. The lowest BCUT2D eigenvalue weighted by molar-refractivity contribution is -0.137. The van der Waals surface area contributed by atoms with Crippen LogP contribution in [0.4, 0.5) is 0 Å². The largest absolute Gasteiger partial charge is 0.493 e. The predicted molar refractivity (Wildman–Crippen MR) is 72.2 cm³/mol. The summed E-state index contributed by atoms with van der Waals surface area (Å²) < 4.78 is 10.4. The Labute approximate surface area is 113 Å². The lowest BCUT2D eigenvalue weighted by Crippen LogP contribution is -2.26. The van der Waals surface area contributed by atoms with E-state index in [4.69, 9.17) is 20.3 Å². The van der Waals surface area contributed by atoms with Gasteiger partial charge in [-0.3, -0.25) is 4.79 Å². The molecule has 0 aromatic heterocycles. The Balaban J connectivity index is 2.87. The summed E-state index contributed by atoms with van der Waals surface area (Å²) in [6.45, 7) is 3.46. The van der Waals surface area contributed by atoms with Gasteiger partial charge in [0.25, 0.3) is 0 Å². The standard InChI is InChI=1S/C14H21NO4/c1-9(2)14(17)19-12-5-4-10(6-11(15)8-16)7-13(12)18-3/h4-5,7,9,11,16H,6,8,15H2,1-3H3. The number of carbonyl (C=O) groups is 1. The highest BCUT2D eigenvalue weighted by Crippen LogP contribution is 2.29. The van der Waals surface area contributed by atoms with Crippen molar-refractivity contribution in [3.8, 4) is 11.5 Å². The second-order valence-electron chi connectivity index (χ2n) is 4.71. The summed E-state index contributed by atoms with van der Waals surface area (Å²) in [7, 11) is 1.51. The molecule has 0 aliphatic heterocycles. The van der Waals surface area contributed by atoms with Gasteiger partial charge in [0.15, 0.2) is 11.5 Å². The van der Waals surface area contributed by atoms with Gasteiger partial charge in [0.05, 0.1) is 19.6 Å². The van der Waals surface area contributed by atoms with Crippen molar-refractivity contribution < 1.29 is 19.4 Å². The molecule has 3 N–H and O–H groups in total. The molecule has 0 spiro atoms. The number of carbonyl (C=O) groups excluding carboxylic acids is 1. The van der Waals surface area contributed by atoms with Gasteiger partial charge in [-0.15, -0.1) is 0 Å². The zero-order chi connectivity index (χ0) is 14.4. The van der Waals surface area contributed by atoms with Gasteiger partial charge in [0.1, 0.15) is 0 Å². The molecule has 0 bridgehead atoms. The van der Waals surface area contributed by atoms with Crippen molar-refractivity contribution in [3.63, 3.8) is 0 Å². The van der Waals surface area contributed by atoms with Crippen LogP contribution in [0.1, 0.15) is 19.4 Å². The zero-order valence-corrected chi connectivity index (χ0v) is 11.6. The fourth-order valence-electron chi connectivity index (χ4n) is 1.52. The fourth-order valence-corrected chi connectivity index (χ4v) is 1.52. The molecule has 1 aromatic carbocycles. The van der Waals surface area contributed by atoms with Gasteiger partial charge in [0, 0.05) is 6.04 Å². The maximum Gasteiger partial charge on any atom is 0.313 e. The quantitative estimate of drug-likeness (QED) is 0.596. The summed E-state index contributed by atoms with van der Waals surface area (Å²) in [5, 5.41) is 8.93. The molecule has 19 heavy (non-hydrogen) atoms. The number of nitrogens with two attached hydrogens (primary N) is 1. The maximum absolute atomic E-state index is 11.6. The number of hydrogen-bond acceptors (Lipinski definition) is 5. The van der Waals surface area contributed by atoms with Gasteiger partial charge in [-0.1, -0.05) is 19.9 Å². The van der Waals surface area contributed by atoms with Gasteiger partial charge >= 0.3 is 5.97 Å². The molecule has 106 valence electrons. The molecule has 0 amide bonds. The predicted octanol–water partition coefficient (Wildman–Crippen LogP) is 1.12. The van der Waals surface area contributed by atoms with Crippen LogP contribution in [0.2, 0.25) is 0 Å². The van der Waals surface area contributed by atoms with Crippen LogP contribution >= 0.6 is 0 Å². The minimum Gasteiger partial charge on any atom is -0.493 e. The highest BCUT2D eigenvalue weighted by molar-refractivity contribution is 5.75. The minimum atomic E-state index is -0.311. The van der Waals surface area contributed by atoms with Crippen LogP contribution in [-0.4, -0.2) is 30.8 Å². The molecule has 0 aliphatic carbocycles. The van der Waals surface area contributed by atoms with E-state index in [9.17, 15) is 4.79 Å². The van der Waals surface area contributed by atoms with Crippen LogP contribution in [0.25, 0.3) is 0 Å². The normalized spacial score (nSPS) is 12.3. The zero-order valence-electron chi connectivity index (χ0n) is 11.6.